The molecule has 1 aliphatic rings. The summed E-state index contributed by atoms with van der Waals surface area (Å²) in [5, 5.41) is 11.3. The van der Waals surface area contributed by atoms with Crippen LogP contribution in [0, 0.1) is 0 Å². The number of aliphatic hydroxyl groups excluding tert-OH is 1. The fourth-order valence-electron chi connectivity index (χ4n) is 3.44. The summed E-state index contributed by atoms with van der Waals surface area (Å²) in [5.41, 5.74) is 2.13. The Kier molecular flexibility index (Phi) is 4.84. The monoisotopic (exact) mass is 395 g/mol. The van der Waals surface area contributed by atoms with Crippen molar-refractivity contribution in [2.24, 2.45) is 0 Å². The lowest BCUT2D eigenvalue weighted by Gasteiger charge is -2.26. The van der Waals surface area contributed by atoms with Crippen LogP contribution in [-0.2, 0) is 11.3 Å². The molecule has 1 aliphatic heterocycles. The highest BCUT2D eigenvalue weighted by molar-refractivity contribution is 6.30. The first-order chi connectivity index (χ1) is 13.6. The van der Waals surface area contributed by atoms with Gasteiger partial charge in [-0.1, -0.05) is 35.9 Å². The molecule has 0 saturated heterocycles. The molecule has 3 aromatic rings. The minimum Gasteiger partial charge on any atom is -0.503 e. The van der Waals surface area contributed by atoms with E-state index in [9.17, 15) is 9.90 Å². The number of aliphatic hydroxyl groups is 1. The number of rotatable bonds is 5. The molecule has 0 spiro atoms. The van der Waals surface area contributed by atoms with Crippen LogP contribution < -0.4 is 4.74 Å². The second kappa shape index (κ2) is 7.44. The zero-order chi connectivity index (χ0) is 19.7. The van der Waals surface area contributed by atoms with Crippen molar-refractivity contribution in [1.82, 2.24) is 4.90 Å². The molecule has 28 heavy (non-hydrogen) atoms. The van der Waals surface area contributed by atoms with Crippen LogP contribution in [0.15, 0.2) is 77.1 Å². The number of ether oxygens (including phenoxy) is 1. The van der Waals surface area contributed by atoms with Crippen LogP contribution in [0.2, 0.25) is 5.02 Å². The number of hydrogen-bond acceptors (Lipinski definition) is 4. The van der Waals surface area contributed by atoms with Gasteiger partial charge in [0.05, 0.1) is 26.0 Å². The molecule has 6 heteroatoms. The van der Waals surface area contributed by atoms with E-state index in [1.807, 2.05) is 24.3 Å². The van der Waals surface area contributed by atoms with Crippen LogP contribution >= 0.6 is 11.6 Å². The van der Waals surface area contributed by atoms with Gasteiger partial charge in [-0.15, -0.1) is 0 Å². The lowest BCUT2D eigenvalue weighted by Crippen LogP contribution is -2.29. The number of nitrogens with zero attached hydrogens (tertiary/aromatic N) is 1. The Bertz CT molecular complexity index is 1010. The van der Waals surface area contributed by atoms with E-state index in [1.165, 1.54) is 0 Å². The summed E-state index contributed by atoms with van der Waals surface area (Å²) in [5.74, 6) is 0.624. The fourth-order valence-corrected chi connectivity index (χ4v) is 3.57. The average molecular weight is 396 g/mol. The third-order valence-electron chi connectivity index (χ3n) is 4.80. The SMILES string of the molecule is COc1ccc(C2=C(O)C(=O)N(Cc3ccco3)[C@@H]2c2ccc(Cl)cc2)cc1. The highest BCUT2D eigenvalue weighted by Crippen LogP contribution is 2.44. The van der Waals surface area contributed by atoms with E-state index in [1.54, 1.807) is 54.7 Å². The van der Waals surface area contributed by atoms with Crippen molar-refractivity contribution in [2.75, 3.05) is 7.11 Å². The minimum absolute atomic E-state index is 0.239. The zero-order valence-corrected chi connectivity index (χ0v) is 15.9. The molecule has 2 heterocycles. The molecule has 0 radical (unpaired) electrons. The molecule has 0 bridgehead atoms. The molecule has 142 valence electrons. The summed E-state index contributed by atoms with van der Waals surface area (Å²) in [6.07, 6.45) is 1.56. The Morgan fingerprint density at radius 3 is 2.43 bits per heavy atom. The Balaban J connectivity index is 1.80. The highest BCUT2D eigenvalue weighted by Gasteiger charge is 2.41. The average Bonchev–Trinajstić information content (AvgIpc) is 3.31. The molecular formula is C22H18ClNO4. The van der Waals surface area contributed by atoms with E-state index < -0.39 is 11.9 Å². The maximum atomic E-state index is 12.9. The van der Waals surface area contributed by atoms with Crippen LogP contribution in [0.25, 0.3) is 5.57 Å². The number of benzene rings is 2. The predicted molar refractivity (Wildman–Crippen MR) is 106 cm³/mol. The van der Waals surface area contributed by atoms with Crippen molar-refractivity contribution in [3.8, 4) is 5.75 Å². The summed E-state index contributed by atoms with van der Waals surface area (Å²) in [6, 6.07) is 17.6. The maximum Gasteiger partial charge on any atom is 0.290 e. The molecule has 1 amide bonds. The molecule has 0 fully saturated rings. The van der Waals surface area contributed by atoms with Crippen LogP contribution in [0.5, 0.6) is 5.75 Å². The smallest absolute Gasteiger partial charge is 0.290 e. The van der Waals surface area contributed by atoms with E-state index in [4.69, 9.17) is 20.8 Å². The first-order valence-corrected chi connectivity index (χ1v) is 9.12. The van der Waals surface area contributed by atoms with Gasteiger partial charge in [0, 0.05) is 10.6 Å². The lowest BCUT2D eigenvalue weighted by atomic mass is 9.93. The van der Waals surface area contributed by atoms with Gasteiger partial charge < -0.3 is 19.2 Å². The first kappa shape index (κ1) is 18.2. The van der Waals surface area contributed by atoms with Gasteiger partial charge >= 0.3 is 0 Å². The molecule has 4 rings (SSSR count). The summed E-state index contributed by atoms with van der Waals surface area (Å²) >= 11 is 6.04. The van der Waals surface area contributed by atoms with Crippen LogP contribution in [0.3, 0.4) is 0 Å². The maximum absolute atomic E-state index is 12.9. The number of carbonyl (C=O) groups is 1. The standard InChI is InChI=1S/C22H18ClNO4/c1-27-17-10-6-14(7-11-17)19-20(15-4-8-16(23)9-5-15)24(22(26)21(19)25)13-18-3-2-12-28-18/h2-12,20,25H,13H2,1H3/t20-/m1/s1. The first-order valence-electron chi connectivity index (χ1n) is 8.75. The van der Waals surface area contributed by atoms with E-state index >= 15 is 0 Å². The Morgan fingerprint density at radius 2 is 1.82 bits per heavy atom. The fraction of sp³-hybridized carbons (Fsp3) is 0.136. The van der Waals surface area contributed by atoms with Crippen molar-refractivity contribution < 1.29 is 19.1 Å². The predicted octanol–water partition coefficient (Wildman–Crippen LogP) is 4.99. The van der Waals surface area contributed by atoms with Crippen molar-refractivity contribution >= 4 is 23.1 Å². The second-order valence-electron chi connectivity index (χ2n) is 6.46. The van der Waals surface area contributed by atoms with E-state index in [0.717, 1.165) is 11.1 Å². The second-order valence-corrected chi connectivity index (χ2v) is 6.89. The van der Waals surface area contributed by atoms with Gasteiger partial charge in [0.25, 0.3) is 5.91 Å². The molecule has 1 N–H and O–H groups in total. The number of amides is 1. The van der Waals surface area contributed by atoms with Gasteiger partial charge in [-0.2, -0.15) is 0 Å². The molecule has 0 aliphatic carbocycles. The number of hydrogen-bond donors (Lipinski definition) is 1. The molecule has 5 nitrogen and oxygen atoms in total. The zero-order valence-electron chi connectivity index (χ0n) is 15.1. The molecule has 1 aromatic heterocycles. The molecule has 1 atom stereocenters. The summed E-state index contributed by atoms with van der Waals surface area (Å²) in [4.78, 5) is 14.5. The quantitative estimate of drug-likeness (QED) is 0.660. The minimum atomic E-state index is -0.469. The molecular weight excluding hydrogens is 378 g/mol. The van der Waals surface area contributed by atoms with E-state index in [0.29, 0.717) is 22.1 Å². The summed E-state index contributed by atoms with van der Waals surface area (Å²) < 4.78 is 10.6. The van der Waals surface area contributed by atoms with Gasteiger partial charge in [-0.3, -0.25) is 4.79 Å². The largest absolute Gasteiger partial charge is 0.503 e. The van der Waals surface area contributed by atoms with Crippen LogP contribution in [-0.4, -0.2) is 23.0 Å². The van der Waals surface area contributed by atoms with Gasteiger partial charge in [0.15, 0.2) is 5.76 Å². The molecule has 0 saturated carbocycles. The van der Waals surface area contributed by atoms with Gasteiger partial charge in [-0.05, 0) is 47.5 Å². The van der Waals surface area contributed by atoms with E-state index in [2.05, 4.69) is 0 Å². The van der Waals surface area contributed by atoms with Crippen LogP contribution in [0.1, 0.15) is 22.9 Å². The Labute approximate surface area is 167 Å². The molecule has 2 aromatic carbocycles. The van der Waals surface area contributed by atoms with E-state index in [-0.39, 0.29) is 12.3 Å². The lowest BCUT2D eigenvalue weighted by molar-refractivity contribution is -0.130. The third-order valence-corrected chi connectivity index (χ3v) is 5.05. The van der Waals surface area contributed by atoms with Gasteiger partial charge in [0.1, 0.15) is 11.5 Å². The Hall–Kier alpha value is -3.18. The normalized spacial score (nSPS) is 16.7. The number of carbonyl (C=O) groups excluding carboxylic acids is 1. The number of methoxy groups -OCH3 is 1. The third kappa shape index (κ3) is 3.25. The number of halogens is 1. The van der Waals surface area contributed by atoms with Crippen molar-refractivity contribution in [2.45, 2.75) is 12.6 Å². The number of furan rings is 1. The van der Waals surface area contributed by atoms with Gasteiger partial charge in [0.2, 0.25) is 0 Å². The summed E-state index contributed by atoms with van der Waals surface area (Å²) in [7, 11) is 1.59. The Morgan fingerprint density at radius 1 is 1.11 bits per heavy atom. The van der Waals surface area contributed by atoms with Crippen molar-refractivity contribution in [3.05, 3.63) is 94.6 Å². The molecule has 0 unspecified atom stereocenters. The van der Waals surface area contributed by atoms with Crippen molar-refractivity contribution in [1.29, 1.82) is 0 Å². The highest BCUT2D eigenvalue weighted by atomic mass is 35.5. The van der Waals surface area contributed by atoms with Gasteiger partial charge in [-0.25, -0.2) is 0 Å². The topological polar surface area (TPSA) is 62.9 Å². The van der Waals surface area contributed by atoms with Crippen LogP contribution in [0.4, 0.5) is 0 Å². The van der Waals surface area contributed by atoms with Crippen molar-refractivity contribution in [3.63, 3.8) is 0 Å². The summed E-state index contributed by atoms with van der Waals surface area (Å²) in [6.45, 7) is 0.239.